The van der Waals surface area contributed by atoms with Gasteiger partial charge in [0.15, 0.2) is 12.3 Å². The van der Waals surface area contributed by atoms with Crippen LogP contribution in [0, 0.1) is 5.92 Å². The van der Waals surface area contributed by atoms with Gasteiger partial charge in [-0.1, -0.05) is 18.2 Å². The second-order valence-electron chi connectivity index (χ2n) is 11.1. The highest BCUT2D eigenvalue weighted by Gasteiger charge is 2.35. The average molecular weight is 682 g/mol. The molecule has 0 bridgehead atoms. The van der Waals surface area contributed by atoms with Gasteiger partial charge in [0.25, 0.3) is 11.8 Å². The van der Waals surface area contributed by atoms with Gasteiger partial charge < -0.3 is 40.3 Å². The SMILES string of the molecule is O=C(O)CC[C@H](NC(=O)c1cc(OCC(=O)N2CCC(C(=O)NCC(F)(F)F)C2)n(-c2ccccc2)n1)C(=O)N1CCN(C(=O)O)CC1. The van der Waals surface area contributed by atoms with Gasteiger partial charge in [0, 0.05) is 51.8 Å². The molecule has 1 unspecified atom stereocenters. The Hall–Kier alpha value is -5.36. The molecule has 0 saturated carbocycles. The number of carbonyl (C=O) groups excluding carboxylic acids is 4. The third-order valence-corrected chi connectivity index (χ3v) is 7.74. The Labute approximate surface area is 271 Å². The summed E-state index contributed by atoms with van der Waals surface area (Å²) in [6.07, 6.45) is -6.23. The minimum Gasteiger partial charge on any atom is -0.481 e. The number of aliphatic carboxylic acids is 1. The van der Waals surface area contributed by atoms with Crippen molar-refractivity contribution in [3.63, 3.8) is 0 Å². The molecule has 260 valence electrons. The van der Waals surface area contributed by atoms with Crippen molar-refractivity contribution in [3.05, 3.63) is 42.1 Å². The largest absolute Gasteiger partial charge is 0.481 e. The van der Waals surface area contributed by atoms with E-state index in [9.17, 15) is 52.2 Å². The number of nitrogens with one attached hydrogen (secondary N) is 2. The van der Waals surface area contributed by atoms with Gasteiger partial charge in [-0.15, -0.1) is 0 Å². The number of amides is 5. The maximum Gasteiger partial charge on any atom is 0.407 e. The lowest BCUT2D eigenvalue weighted by molar-refractivity contribution is -0.141. The van der Waals surface area contributed by atoms with E-state index < -0.39 is 73.4 Å². The number of ether oxygens (including phenoxy) is 1. The summed E-state index contributed by atoms with van der Waals surface area (Å²) in [5, 5.41) is 27.0. The topological polar surface area (TPSA) is 204 Å². The third-order valence-electron chi connectivity index (χ3n) is 7.74. The van der Waals surface area contributed by atoms with Gasteiger partial charge in [0.2, 0.25) is 17.7 Å². The van der Waals surface area contributed by atoms with Gasteiger partial charge in [-0.2, -0.15) is 18.3 Å². The molecular formula is C29H34F3N7O9. The number of halogens is 3. The smallest absolute Gasteiger partial charge is 0.407 e. The van der Waals surface area contributed by atoms with Crippen LogP contribution in [0.1, 0.15) is 29.8 Å². The van der Waals surface area contributed by atoms with Gasteiger partial charge in [-0.25, -0.2) is 9.48 Å². The molecule has 2 saturated heterocycles. The lowest BCUT2D eigenvalue weighted by Crippen LogP contribution is -2.55. The number of carbonyl (C=O) groups is 6. The van der Waals surface area contributed by atoms with Crippen molar-refractivity contribution in [2.24, 2.45) is 5.92 Å². The summed E-state index contributed by atoms with van der Waals surface area (Å²) < 4.78 is 44.3. The molecule has 1 aromatic heterocycles. The second kappa shape index (κ2) is 15.5. The first-order valence-electron chi connectivity index (χ1n) is 14.9. The number of carboxylic acid groups (broad SMARTS) is 2. The molecular weight excluding hydrogens is 647 g/mol. The van der Waals surface area contributed by atoms with Crippen LogP contribution in [0.2, 0.25) is 0 Å². The first-order chi connectivity index (χ1) is 22.7. The van der Waals surface area contributed by atoms with Gasteiger partial charge in [-0.3, -0.25) is 24.0 Å². The van der Waals surface area contributed by atoms with Crippen molar-refractivity contribution in [2.45, 2.75) is 31.5 Å². The number of alkyl halides is 3. The summed E-state index contributed by atoms with van der Waals surface area (Å²) in [6, 6.07) is 8.34. The number of hydrogen-bond donors (Lipinski definition) is 4. The lowest BCUT2D eigenvalue weighted by Gasteiger charge is -2.35. The Kier molecular flexibility index (Phi) is 11.5. The number of nitrogens with zero attached hydrogens (tertiary/aromatic N) is 5. The standard InChI is InChI=1S/C29H34F3N7O9/c30-29(31,32)17-33-25(43)18-8-9-38(15-18)22(40)16-48-23-14-21(35-39(23)19-4-2-1-3-5-19)26(44)34-20(6-7-24(41)42)27(45)36-10-12-37(13-11-36)28(46)47/h1-5,14,18,20H,6-13,15-17H2,(H,33,43)(H,34,44)(H,41,42)(H,46,47)/t18?,20-/m0/s1. The highest BCUT2D eigenvalue weighted by Crippen LogP contribution is 2.22. The normalized spacial score (nSPS) is 17.1. The van der Waals surface area contributed by atoms with Crippen LogP contribution >= 0.6 is 0 Å². The molecule has 2 fully saturated rings. The molecule has 16 nitrogen and oxygen atoms in total. The van der Waals surface area contributed by atoms with Crippen molar-refractivity contribution < 1.29 is 56.9 Å². The van der Waals surface area contributed by atoms with E-state index in [1.807, 2.05) is 5.32 Å². The fraction of sp³-hybridized carbons (Fsp3) is 0.483. The maximum atomic E-state index is 13.4. The molecule has 2 atom stereocenters. The Morgan fingerprint density at radius 2 is 1.62 bits per heavy atom. The number of rotatable bonds is 12. The Bertz CT molecular complexity index is 1510. The molecule has 5 amide bonds. The summed E-state index contributed by atoms with van der Waals surface area (Å²) in [6.45, 7) is -1.82. The molecule has 48 heavy (non-hydrogen) atoms. The fourth-order valence-electron chi connectivity index (χ4n) is 5.19. The van der Waals surface area contributed by atoms with Gasteiger partial charge in [0.05, 0.1) is 11.6 Å². The van der Waals surface area contributed by atoms with E-state index >= 15 is 0 Å². The van der Waals surface area contributed by atoms with Crippen molar-refractivity contribution in [3.8, 4) is 11.6 Å². The summed E-state index contributed by atoms with van der Waals surface area (Å²) >= 11 is 0. The maximum absolute atomic E-state index is 13.4. The number of aromatic nitrogens is 2. The predicted octanol–water partition coefficient (Wildman–Crippen LogP) is 0.564. The first-order valence-corrected chi connectivity index (χ1v) is 14.9. The Morgan fingerprint density at radius 1 is 0.958 bits per heavy atom. The van der Waals surface area contributed by atoms with Crippen LogP contribution in [0.3, 0.4) is 0 Å². The average Bonchev–Trinajstić information content (AvgIpc) is 3.73. The molecule has 3 heterocycles. The van der Waals surface area contributed by atoms with Crippen LogP contribution in [0.15, 0.2) is 36.4 Å². The molecule has 0 radical (unpaired) electrons. The molecule has 2 aromatic rings. The number of likely N-dealkylation sites (tertiary alicyclic amines) is 1. The quantitative estimate of drug-likeness (QED) is 0.245. The van der Waals surface area contributed by atoms with Crippen LogP contribution in [0.5, 0.6) is 5.88 Å². The van der Waals surface area contributed by atoms with Crippen LogP contribution in [0.25, 0.3) is 5.69 Å². The third kappa shape index (κ3) is 9.58. The molecule has 4 rings (SSSR count). The number of benzene rings is 1. The van der Waals surface area contributed by atoms with Gasteiger partial charge in [0.1, 0.15) is 12.6 Å². The zero-order chi connectivity index (χ0) is 35.0. The Balaban J connectivity index is 1.44. The highest BCUT2D eigenvalue weighted by molar-refractivity contribution is 5.96. The summed E-state index contributed by atoms with van der Waals surface area (Å²) in [5.74, 6) is -4.87. The van der Waals surface area contributed by atoms with E-state index in [0.29, 0.717) is 5.69 Å². The molecule has 19 heteroatoms. The molecule has 2 aliphatic heterocycles. The van der Waals surface area contributed by atoms with E-state index in [0.717, 1.165) is 4.90 Å². The summed E-state index contributed by atoms with van der Waals surface area (Å²) in [7, 11) is 0. The highest BCUT2D eigenvalue weighted by atomic mass is 19.4. The number of carboxylic acids is 1. The summed E-state index contributed by atoms with van der Waals surface area (Å²) in [4.78, 5) is 77.9. The zero-order valence-corrected chi connectivity index (χ0v) is 25.5. The van der Waals surface area contributed by atoms with Crippen LogP contribution < -0.4 is 15.4 Å². The minimum atomic E-state index is -4.57. The van der Waals surface area contributed by atoms with Crippen LogP contribution in [-0.4, -0.2) is 135 Å². The van der Waals surface area contributed by atoms with Crippen LogP contribution in [0.4, 0.5) is 18.0 Å². The molecule has 2 aliphatic rings. The zero-order valence-electron chi connectivity index (χ0n) is 25.5. The fourth-order valence-corrected chi connectivity index (χ4v) is 5.19. The predicted molar refractivity (Wildman–Crippen MR) is 157 cm³/mol. The van der Waals surface area contributed by atoms with Gasteiger partial charge >= 0.3 is 18.2 Å². The number of hydrogen-bond acceptors (Lipinski definition) is 8. The van der Waals surface area contributed by atoms with Crippen molar-refractivity contribution in [2.75, 3.05) is 52.4 Å². The molecule has 0 aliphatic carbocycles. The van der Waals surface area contributed by atoms with E-state index in [1.54, 1.807) is 30.3 Å². The number of piperazine rings is 1. The van der Waals surface area contributed by atoms with Crippen molar-refractivity contribution in [1.82, 2.24) is 35.1 Å². The van der Waals surface area contributed by atoms with E-state index in [1.165, 1.54) is 20.5 Å². The minimum absolute atomic E-state index is 0.0448. The lowest BCUT2D eigenvalue weighted by atomic mass is 10.1. The molecule has 0 spiro atoms. The van der Waals surface area contributed by atoms with Gasteiger partial charge in [-0.05, 0) is 25.0 Å². The van der Waals surface area contributed by atoms with E-state index in [2.05, 4.69) is 10.4 Å². The Morgan fingerprint density at radius 3 is 2.25 bits per heavy atom. The first kappa shape index (κ1) is 35.5. The van der Waals surface area contributed by atoms with Crippen molar-refractivity contribution in [1.29, 1.82) is 0 Å². The second-order valence-corrected chi connectivity index (χ2v) is 11.1. The van der Waals surface area contributed by atoms with Crippen molar-refractivity contribution >= 4 is 35.7 Å². The molecule has 1 aromatic carbocycles. The van der Waals surface area contributed by atoms with Crippen LogP contribution in [-0.2, 0) is 19.2 Å². The summed E-state index contributed by atoms with van der Waals surface area (Å²) in [5.41, 5.74) is 0.212. The van der Waals surface area contributed by atoms with E-state index in [4.69, 9.17) is 4.74 Å². The monoisotopic (exact) mass is 681 g/mol. The number of para-hydroxylation sites is 1. The molecule has 4 N–H and O–H groups in total. The van der Waals surface area contributed by atoms with E-state index in [-0.39, 0.29) is 63.7 Å².